The zero-order chi connectivity index (χ0) is 18.9. The zero-order valence-electron chi connectivity index (χ0n) is 15.1. The normalized spacial score (nSPS) is 12.3. The van der Waals surface area contributed by atoms with E-state index in [0.29, 0.717) is 10.7 Å². The molecule has 0 atom stereocenters. The van der Waals surface area contributed by atoms with Crippen LogP contribution in [0.15, 0.2) is 83.8 Å². The van der Waals surface area contributed by atoms with Crippen molar-refractivity contribution in [2.75, 3.05) is 0 Å². The van der Waals surface area contributed by atoms with E-state index in [9.17, 15) is 3.89 Å². The molecule has 5 rings (SSSR count). The van der Waals surface area contributed by atoms with Gasteiger partial charge in [0.15, 0.2) is 5.82 Å². The summed E-state index contributed by atoms with van der Waals surface area (Å²) in [5, 5.41) is 0. The number of aromatic nitrogens is 2. The number of halogens is 1. The van der Waals surface area contributed by atoms with Crippen molar-refractivity contribution in [3.05, 3.63) is 90.0 Å². The number of aryl methyl sites for hydroxylation is 1. The third kappa shape index (κ3) is 3.00. The van der Waals surface area contributed by atoms with Crippen LogP contribution in [0.1, 0.15) is 11.1 Å². The molecule has 0 unspecified atom stereocenters. The monoisotopic (exact) mass is 384 g/mol. The lowest BCUT2D eigenvalue weighted by Gasteiger charge is -2.22. The lowest BCUT2D eigenvalue weighted by Crippen LogP contribution is -2.10. The Morgan fingerprint density at radius 2 is 1.39 bits per heavy atom. The van der Waals surface area contributed by atoms with Gasteiger partial charge in [-0.3, -0.25) is 0 Å². The number of fused-ring (bicyclic) bond motifs is 3. The molecule has 2 nitrogen and oxygen atoms in total. The van der Waals surface area contributed by atoms with E-state index in [1.807, 2.05) is 30.3 Å². The Hall–Kier alpha value is -2.98. The molecule has 0 amide bonds. The second kappa shape index (κ2) is 7.21. The largest absolute Gasteiger partial charge is 0.228 e. The van der Waals surface area contributed by atoms with Crippen molar-refractivity contribution in [2.45, 2.75) is 17.7 Å². The van der Waals surface area contributed by atoms with Gasteiger partial charge in [0, 0.05) is 27.1 Å². The van der Waals surface area contributed by atoms with Crippen LogP contribution >= 0.6 is 12.1 Å². The van der Waals surface area contributed by atoms with Crippen LogP contribution in [0.3, 0.4) is 0 Å². The van der Waals surface area contributed by atoms with Crippen LogP contribution < -0.4 is 0 Å². The molecule has 0 radical (unpaired) electrons. The number of nitrogens with zero attached hydrogens (tertiary/aromatic N) is 2. The molecular formula is C24H17FN2S. The minimum absolute atomic E-state index is 0.245. The van der Waals surface area contributed by atoms with Crippen molar-refractivity contribution in [3.63, 3.8) is 0 Å². The van der Waals surface area contributed by atoms with E-state index < -0.39 is 0 Å². The van der Waals surface area contributed by atoms with Gasteiger partial charge in [0.25, 0.3) is 0 Å². The zero-order valence-corrected chi connectivity index (χ0v) is 15.9. The van der Waals surface area contributed by atoms with Gasteiger partial charge in [-0.1, -0.05) is 54.6 Å². The Bertz CT molecular complexity index is 1120. The molecule has 28 heavy (non-hydrogen) atoms. The van der Waals surface area contributed by atoms with Crippen molar-refractivity contribution in [3.8, 4) is 33.9 Å². The molecule has 1 aromatic heterocycles. The first kappa shape index (κ1) is 17.1. The summed E-state index contributed by atoms with van der Waals surface area (Å²) in [5.74, 6) is 0.671. The van der Waals surface area contributed by atoms with Crippen molar-refractivity contribution >= 4 is 12.1 Å². The molecule has 0 bridgehead atoms. The molecule has 4 aromatic rings. The van der Waals surface area contributed by atoms with E-state index in [0.717, 1.165) is 35.4 Å². The first-order chi connectivity index (χ1) is 13.8. The molecule has 0 fully saturated rings. The lowest BCUT2D eigenvalue weighted by atomic mass is 9.87. The maximum absolute atomic E-state index is 12.8. The average Bonchev–Trinajstić information content (AvgIpc) is 2.79. The first-order valence-electron chi connectivity index (χ1n) is 9.27. The van der Waals surface area contributed by atoms with E-state index in [1.165, 1.54) is 16.7 Å². The SMILES string of the molecule is FSc1ccc(-c2nc(-c3ccccc3)c3c(n2)-c2ccccc2CC3)cc1. The number of rotatable bonds is 3. The quantitative estimate of drug-likeness (QED) is 0.400. The Balaban J connectivity index is 1.75. The van der Waals surface area contributed by atoms with E-state index >= 15 is 0 Å². The van der Waals surface area contributed by atoms with E-state index in [1.54, 1.807) is 12.1 Å². The summed E-state index contributed by atoms with van der Waals surface area (Å²) in [6, 6.07) is 26.0. The van der Waals surface area contributed by atoms with Gasteiger partial charge in [0.1, 0.15) is 0 Å². The Kier molecular flexibility index (Phi) is 4.41. The fourth-order valence-corrected chi connectivity index (χ4v) is 4.03. The molecule has 1 heterocycles. The Labute approximate surface area is 167 Å². The highest BCUT2D eigenvalue weighted by molar-refractivity contribution is 7.94. The minimum atomic E-state index is 0.245. The third-order valence-electron chi connectivity index (χ3n) is 5.17. The molecule has 0 aliphatic heterocycles. The van der Waals surface area contributed by atoms with Crippen LogP contribution in [0.2, 0.25) is 0 Å². The maximum atomic E-state index is 12.8. The second-order valence-electron chi connectivity index (χ2n) is 6.85. The molecule has 4 heteroatoms. The summed E-state index contributed by atoms with van der Waals surface area (Å²) in [6.07, 6.45) is 1.92. The van der Waals surface area contributed by atoms with Crippen molar-refractivity contribution in [1.29, 1.82) is 0 Å². The molecular weight excluding hydrogens is 367 g/mol. The van der Waals surface area contributed by atoms with Gasteiger partial charge >= 0.3 is 0 Å². The molecule has 0 spiro atoms. The van der Waals surface area contributed by atoms with Gasteiger partial charge in [-0.15, -0.1) is 0 Å². The highest BCUT2D eigenvalue weighted by Gasteiger charge is 2.23. The average molecular weight is 384 g/mol. The minimum Gasteiger partial charge on any atom is -0.228 e. The van der Waals surface area contributed by atoms with E-state index in [2.05, 4.69) is 36.4 Å². The van der Waals surface area contributed by atoms with Crippen LogP contribution in [0.25, 0.3) is 33.9 Å². The van der Waals surface area contributed by atoms with Gasteiger partial charge in [0.05, 0.1) is 23.5 Å². The van der Waals surface area contributed by atoms with Crippen molar-refractivity contribution in [1.82, 2.24) is 9.97 Å². The maximum Gasteiger partial charge on any atom is 0.160 e. The molecule has 0 saturated carbocycles. The molecule has 1 aliphatic carbocycles. The van der Waals surface area contributed by atoms with Crippen molar-refractivity contribution < 1.29 is 3.89 Å². The summed E-state index contributed by atoms with van der Waals surface area (Å²) in [6.45, 7) is 0. The second-order valence-corrected chi connectivity index (χ2v) is 7.47. The summed E-state index contributed by atoms with van der Waals surface area (Å²) < 4.78 is 12.8. The standard InChI is InChI=1S/C24H17FN2S/c25-28-19-13-10-18(11-14-19)24-26-22(17-7-2-1-3-8-17)21-15-12-16-6-4-5-9-20(16)23(21)27-24/h1-11,13-14H,12,15H2. The van der Waals surface area contributed by atoms with Gasteiger partial charge in [-0.25, -0.2) is 9.97 Å². The van der Waals surface area contributed by atoms with Crippen molar-refractivity contribution in [2.24, 2.45) is 0 Å². The Morgan fingerprint density at radius 1 is 0.679 bits per heavy atom. The van der Waals surface area contributed by atoms with Gasteiger partial charge in [-0.05, 0) is 42.7 Å². The van der Waals surface area contributed by atoms with Gasteiger partial charge < -0.3 is 0 Å². The highest BCUT2D eigenvalue weighted by atomic mass is 32.2. The highest BCUT2D eigenvalue weighted by Crippen LogP contribution is 2.38. The lowest BCUT2D eigenvalue weighted by molar-refractivity contribution is 0.916. The molecule has 136 valence electrons. The topological polar surface area (TPSA) is 25.8 Å². The summed E-state index contributed by atoms with van der Waals surface area (Å²) in [7, 11) is 0. The van der Waals surface area contributed by atoms with Crippen LogP contribution in [0.4, 0.5) is 3.89 Å². The summed E-state index contributed by atoms with van der Waals surface area (Å²) in [5.41, 5.74) is 7.68. The number of benzene rings is 3. The van der Waals surface area contributed by atoms with Crippen LogP contribution in [-0.4, -0.2) is 9.97 Å². The number of hydrogen-bond donors (Lipinski definition) is 0. The smallest absolute Gasteiger partial charge is 0.160 e. The molecule has 3 aromatic carbocycles. The van der Waals surface area contributed by atoms with Gasteiger partial charge in [-0.2, -0.15) is 3.89 Å². The molecule has 0 N–H and O–H groups in total. The predicted molar refractivity (Wildman–Crippen MR) is 113 cm³/mol. The molecule has 1 aliphatic rings. The third-order valence-corrected chi connectivity index (χ3v) is 5.62. The van der Waals surface area contributed by atoms with Gasteiger partial charge in [0.2, 0.25) is 0 Å². The van der Waals surface area contributed by atoms with Crippen LogP contribution in [0.5, 0.6) is 0 Å². The molecule has 0 saturated heterocycles. The summed E-state index contributed by atoms with van der Waals surface area (Å²) >= 11 is 0.245. The predicted octanol–water partition coefficient (Wildman–Crippen LogP) is 6.55. The van der Waals surface area contributed by atoms with E-state index in [-0.39, 0.29) is 12.1 Å². The van der Waals surface area contributed by atoms with E-state index in [4.69, 9.17) is 9.97 Å². The number of hydrogen-bond acceptors (Lipinski definition) is 3. The summed E-state index contributed by atoms with van der Waals surface area (Å²) in [4.78, 5) is 10.5. The first-order valence-corrected chi connectivity index (χ1v) is 9.99. The fraction of sp³-hybridized carbons (Fsp3) is 0.0833. The van der Waals surface area contributed by atoms with Crippen LogP contribution in [0, 0.1) is 0 Å². The Morgan fingerprint density at radius 3 is 2.18 bits per heavy atom. The van der Waals surface area contributed by atoms with Crippen LogP contribution in [-0.2, 0) is 12.8 Å². The fourth-order valence-electron chi connectivity index (χ4n) is 3.79.